The van der Waals surface area contributed by atoms with Crippen molar-refractivity contribution in [2.75, 3.05) is 12.4 Å². The molecule has 114 valence electrons. The van der Waals surface area contributed by atoms with Gasteiger partial charge in [-0.15, -0.1) is 0 Å². The van der Waals surface area contributed by atoms with Gasteiger partial charge in [-0.05, 0) is 0 Å². The molecule has 10 heteroatoms. The standard InChI is InChI=1S/C10H16N2O6S2/c1-2-3-18-10(17)7(6(12)9(15)16)20-19-4-5(11)8(13)14/h2,5-7H,1,3-4,11-12H2,(H,13,14)(H,15,16). The van der Waals surface area contributed by atoms with Crippen LogP contribution >= 0.6 is 21.6 Å². The van der Waals surface area contributed by atoms with E-state index in [4.69, 9.17) is 26.4 Å². The van der Waals surface area contributed by atoms with Crippen molar-refractivity contribution in [2.24, 2.45) is 11.5 Å². The minimum Gasteiger partial charge on any atom is -0.480 e. The Morgan fingerprint density at radius 1 is 1.25 bits per heavy atom. The van der Waals surface area contributed by atoms with Crippen molar-refractivity contribution in [3.05, 3.63) is 12.7 Å². The molecule has 0 aromatic carbocycles. The molecule has 0 fully saturated rings. The molecule has 0 radical (unpaired) electrons. The van der Waals surface area contributed by atoms with Crippen molar-refractivity contribution in [2.45, 2.75) is 17.3 Å². The lowest BCUT2D eigenvalue weighted by Crippen LogP contribution is -2.45. The number of nitrogens with two attached hydrogens (primary N) is 2. The van der Waals surface area contributed by atoms with Crippen LogP contribution in [0.15, 0.2) is 12.7 Å². The Kier molecular flexibility index (Phi) is 9.05. The summed E-state index contributed by atoms with van der Waals surface area (Å²) < 4.78 is 4.75. The van der Waals surface area contributed by atoms with Crippen LogP contribution in [0.1, 0.15) is 0 Å². The molecule has 8 nitrogen and oxygen atoms in total. The SMILES string of the molecule is C=CCOC(=O)C(SSCC(N)C(=O)O)C(N)C(=O)O. The van der Waals surface area contributed by atoms with E-state index in [1.165, 1.54) is 6.08 Å². The fourth-order valence-electron chi connectivity index (χ4n) is 0.856. The van der Waals surface area contributed by atoms with Crippen LogP contribution in [0, 0.1) is 0 Å². The highest BCUT2D eigenvalue weighted by molar-refractivity contribution is 8.77. The zero-order valence-electron chi connectivity index (χ0n) is 10.4. The Bertz CT molecular complexity index is 379. The number of carboxylic acid groups (broad SMARTS) is 2. The fourth-order valence-corrected chi connectivity index (χ4v) is 3.46. The molecule has 6 N–H and O–H groups in total. The number of aliphatic carboxylic acids is 2. The highest BCUT2D eigenvalue weighted by atomic mass is 33.1. The second kappa shape index (κ2) is 9.64. The molecule has 0 aliphatic rings. The first-order valence-corrected chi connectivity index (χ1v) is 7.72. The van der Waals surface area contributed by atoms with Crippen molar-refractivity contribution >= 4 is 39.5 Å². The number of carbonyl (C=O) groups is 3. The van der Waals surface area contributed by atoms with Gasteiger partial charge in [0.05, 0.1) is 0 Å². The third kappa shape index (κ3) is 6.80. The molecule has 0 amide bonds. The summed E-state index contributed by atoms with van der Waals surface area (Å²) >= 11 is 0. The van der Waals surface area contributed by atoms with Crippen LogP contribution in [-0.2, 0) is 19.1 Å². The van der Waals surface area contributed by atoms with Gasteiger partial charge in [0.25, 0.3) is 0 Å². The molecule has 0 saturated carbocycles. The number of esters is 1. The molecule has 0 spiro atoms. The first-order valence-electron chi connectivity index (χ1n) is 5.33. The summed E-state index contributed by atoms with van der Waals surface area (Å²) in [6.45, 7) is 3.29. The number of carbonyl (C=O) groups excluding carboxylic acids is 1. The largest absolute Gasteiger partial charge is 0.480 e. The smallest absolute Gasteiger partial charge is 0.322 e. The van der Waals surface area contributed by atoms with Gasteiger partial charge in [-0.1, -0.05) is 34.2 Å². The van der Waals surface area contributed by atoms with E-state index in [1.807, 2.05) is 0 Å². The van der Waals surface area contributed by atoms with E-state index < -0.39 is 35.2 Å². The molecule has 0 aliphatic carbocycles. The highest BCUT2D eigenvalue weighted by Gasteiger charge is 2.33. The summed E-state index contributed by atoms with van der Waals surface area (Å²) in [5.41, 5.74) is 10.7. The average molecular weight is 324 g/mol. The third-order valence-electron chi connectivity index (χ3n) is 1.92. The number of hydrogen-bond acceptors (Lipinski definition) is 8. The van der Waals surface area contributed by atoms with Gasteiger partial charge >= 0.3 is 17.9 Å². The molecule has 0 bridgehead atoms. The van der Waals surface area contributed by atoms with Crippen LogP contribution in [-0.4, -0.2) is 57.8 Å². The summed E-state index contributed by atoms with van der Waals surface area (Å²) in [5, 5.41) is 16.3. The van der Waals surface area contributed by atoms with E-state index in [0.29, 0.717) is 0 Å². The topological polar surface area (TPSA) is 153 Å². The van der Waals surface area contributed by atoms with E-state index in [1.54, 1.807) is 0 Å². The molecule has 0 aromatic rings. The Labute approximate surface area is 123 Å². The van der Waals surface area contributed by atoms with Gasteiger partial charge in [0.1, 0.15) is 23.9 Å². The fraction of sp³-hybridized carbons (Fsp3) is 0.500. The van der Waals surface area contributed by atoms with Gasteiger partial charge in [-0.2, -0.15) is 0 Å². The van der Waals surface area contributed by atoms with Gasteiger partial charge in [-0.25, -0.2) is 0 Å². The van der Waals surface area contributed by atoms with Crippen LogP contribution in [0.5, 0.6) is 0 Å². The van der Waals surface area contributed by atoms with Crippen molar-refractivity contribution in [3.8, 4) is 0 Å². The average Bonchev–Trinajstić information content (AvgIpc) is 2.39. The van der Waals surface area contributed by atoms with E-state index in [2.05, 4.69) is 6.58 Å². The van der Waals surface area contributed by atoms with Gasteiger partial charge in [0, 0.05) is 5.75 Å². The summed E-state index contributed by atoms with van der Waals surface area (Å²) in [5.74, 6) is -3.36. The van der Waals surface area contributed by atoms with Crippen LogP contribution in [0.4, 0.5) is 0 Å². The molecule has 0 heterocycles. The minimum absolute atomic E-state index is 0.00240. The van der Waals surface area contributed by atoms with Gasteiger partial charge in [0.2, 0.25) is 0 Å². The highest BCUT2D eigenvalue weighted by Crippen LogP contribution is 2.29. The zero-order valence-corrected chi connectivity index (χ0v) is 12.1. The maximum absolute atomic E-state index is 11.7. The van der Waals surface area contributed by atoms with Crippen LogP contribution in [0.3, 0.4) is 0 Å². The predicted octanol–water partition coefficient (Wildman–Crippen LogP) is -0.711. The molecule has 3 unspecified atom stereocenters. The van der Waals surface area contributed by atoms with Crippen molar-refractivity contribution in [1.29, 1.82) is 0 Å². The van der Waals surface area contributed by atoms with Crippen molar-refractivity contribution < 1.29 is 29.3 Å². The third-order valence-corrected chi connectivity index (χ3v) is 4.69. The lowest BCUT2D eigenvalue weighted by atomic mass is 10.2. The monoisotopic (exact) mass is 324 g/mol. The Morgan fingerprint density at radius 3 is 2.30 bits per heavy atom. The van der Waals surface area contributed by atoms with E-state index in [-0.39, 0.29) is 12.4 Å². The second-order valence-electron chi connectivity index (χ2n) is 3.53. The predicted molar refractivity (Wildman–Crippen MR) is 76.2 cm³/mol. The quantitative estimate of drug-likeness (QED) is 0.230. The molecular formula is C10H16N2O6S2. The summed E-state index contributed by atoms with van der Waals surface area (Å²) in [6.07, 6.45) is 1.33. The lowest BCUT2D eigenvalue weighted by molar-refractivity contribution is -0.147. The molecule has 3 atom stereocenters. The maximum atomic E-state index is 11.7. The van der Waals surface area contributed by atoms with Crippen LogP contribution in [0.25, 0.3) is 0 Å². The van der Waals surface area contributed by atoms with Crippen molar-refractivity contribution in [1.82, 2.24) is 0 Å². The second-order valence-corrected chi connectivity index (χ2v) is 6.08. The lowest BCUT2D eigenvalue weighted by Gasteiger charge is -2.18. The summed E-state index contributed by atoms with van der Waals surface area (Å²) in [6, 6.07) is -2.58. The molecule has 0 aliphatic heterocycles. The Hall–Kier alpha value is -1.23. The first-order chi connectivity index (χ1) is 9.31. The Morgan fingerprint density at radius 2 is 1.85 bits per heavy atom. The van der Waals surface area contributed by atoms with Gasteiger partial charge in [0.15, 0.2) is 0 Å². The normalized spacial score (nSPS) is 14.9. The Balaban J connectivity index is 4.53. The van der Waals surface area contributed by atoms with Gasteiger partial charge < -0.3 is 26.4 Å². The van der Waals surface area contributed by atoms with E-state index in [0.717, 1.165) is 21.6 Å². The minimum atomic E-state index is -1.47. The van der Waals surface area contributed by atoms with Crippen LogP contribution < -0.4 is 11.5 Å². The van der Waals surface area contributed by atoms with Crippen LogP contribution in [0.2, 0.25) is 0 Å². The van der Waals surface area contributed by atoms with E-state index >= 15 is 0 Å². The number of hydrogen-bond donors (Lipinski definition) is 4. The molecule has 0 aromatic heterocycles. The van der Waals surface area contributed by atoms with E-state index in [9.17, 15) is 14.4 Å². The zero-order chi connectivity index (χ0) is 15.7. The number of carboxylic acids is 2. The van der Waals surface area contributed by atoms with Crippen molar-refractivity contribution in [3.63, 3.8) is 0 Å². The molecule has 20 heavy (non-hydrogen) atoms. The maximum Gasteiger partial charge on any atom is 0.322 e. The number of rotatable bonds is 10. The molecule has 0 rings (SSSR count). The molecule has 0 saturated heterocycles. The summed E-state index contributed by atoms with van der Waals surface area (Å²) in [7, 11) is 1.77. The molecular weight excluding hydrogens is 308 g/mol. The van der Waals surface area contributed by atoms with Gasteiger partial charge in [-0.3, -0.25) is 14.4 Å². The first kappa shape index (κ1) is 18.8. The summed E-state index contributed by atoms with van der Waals surface area (Å²) in [4.78, 5) is 33.0. The number of ether oxygens (including phenoxy) is 1.